The van der Waals surface area contributed by atoms with Gasteiger partial charge < -0.3 is 0 Å². The summed E-state index contributed by atoms with van der Waals surface area (Å²) in [4.78, 5) is 8.45. The van der Waals surface area contributed by atoms with Crippen LogP contribution >= 0.6 is 45.2 Å². The standard InChI is InChI=1S/C8H4I2N2/c9-6-2-1-3-7-5(6)4-11-8(10)12-7/h1-4H. The molecule has 0 saturated carbocycles. The van der Waals surface area contributed by atoms with Crippen molar-refractivity contribution >= 4 is 56.1 Å². The zero-order valence-electron chi connectivity index (χ0n) is 5.96. The van der Waals surface area contributed by atoms with Gasteiger partial charge in [-0.3, -0.25) is 0 Å². The summed E-state index contributed by atoms with van der Waals surface area (Å²) >= 11 is 4.40. The van der Waals surface area contributed by atoms with Gasteiger partial charge in [0.15, 0.2) is 3.83 Å². The first-order valence-corrected chi connectivity index (χ1v) is 5.50. The molecule has 1 aromatic carbocycles. The third-order valence-corrected chi connectivity index (χ3v) is 3.00. The quantitative estimate of drug-likeness (QED) is 0.518. The highest BCUT2D eigenvalue weighted by molar-refractivity contribution is 14.1. The maximum absolute atomic E-state index is 4.31. The lowest BCUT2D eigenvalue weighted by molar-refractivity contribution is 1.15. The van der Waals surface area contributed by atoms with Crippen LogP contribution in [-0.4, -0.2) is 9.97 Å². The minimum absolute atomic E-state index is 0.794. The maximum atomic E-state index is 4.31. The van der Waals surface area contributed by atoms with Crippen LogP contribution in [0.3, 0.4) is 0 Å². The molecule has 0 aliphatic carbocycles. The molecule has 0 saturated heterocycles. The molecule has 0 aliphatic heterocycles. The average Bonchev–Trinajstić information content (AvgIpc) is 2.04. The Balaban J connectivity index is 2.86. The normalized spacial score (nSPS) is 10.5. The van der Waals surface area contributed by atoms with Crippen LogP contribution in [0.15, 0.2) is 24.4 Å². The van der Waals surface area contributed by atoms with Crippen LogP contribution in [0.4, 0.5) is 0 Å². The Morgan fingerprint density at radius 1 is 1.17 bits per heavy atom. The van der Waals surface area contributed by atoms with E-state index in [9.17, 15) is 0 Å². The van der Waals surface area contributed by atoms with Crippen molar-refractivity contribution in [1.82, 2.24) is 9.97 Å². The summed E-state index contributed by atoms with van der Waals surface area (Å²) in [6.07, 6.45) is 1.87. The number of halogens is 2. The molecule has 0 aliphatic rings. The van der Waals surface area contributed by atoms with Gasteiger partial charge in [0.2, 0.25) is 0 Å². The number of aromatic nitrogens is 2. The fourth-order valence-electron chi connectivity index (χ4n) is 0.997. The van der Waals surface area contributed by atoms with Crippen LogP contribution < -0.4 is 0 Å². The summed E-state index contributed by atoms with van der Waals surface area (Å²) in [5.41, 5.74) is 1.02. The predicted octanol–water partition coefficient (Wildman–Crippen LogP) is 2.84. The lowest BCUT2D eigenvalue weighted by Gasteiger charge is -1.98. The van der Waals surface area contributed by atoms with Crippen LogP contribution in [0.2, 0.25) is 0 Å². The molecule has 0 amide bonds. The summed E-state index contributed by atoms with van der Waals surface area (Å²) in [6, 6.07) is 6.06. The second-order valence-electron chi connectivity index (χ2n) is 2.31. The summed E-state index contributed by atoms with van der Waals surface area (Å²) < 4.78 is 1.99. The van der Waals surface area contributed by atoms with Gasteiger partial charge in [0.1, 0.15) is 0 Å². The number of fused-ring (bicyclic) bond motifs is 1. The molecule has 2 nitrogen and oxygen atoms in total. The molecule has 0 spiro atoms. The molecule has 2 rings (SSSR count). The van der Waals surface area contributed by atoms with Crippen LogP contribution in [0.5, 0.6) is 0 Å². The van der Waals surface area contributed by atoms with E-state index < -0.39 is 0 Å². The lowest BCUT2D eigenvalue weighted by Crippen LogP contribution is -1.88. The molecule has 2 aromatic rings. The smallest absolute Gasteiger partial charge is 0.191 e. The van der Waals surface area contributed by atoms with E-state index in [0.29, 0.717) is 0 Å². The first-order chi connectivity index (χ1) is 5.77. The number of nitrogens with zero attached hydrogens (tertiary/aromatic N) is 2. The van der Waals surface area contributed by atoms with E-state index in [2.05, 4.69) is 61.2 Å². The van der Waals surface area contributed by atoms with Crippen molar-refractivity contribution in [1.29, 1.82) is 0 Å². The summed E-state index contributed by atoms with van der Waals surface area (Å²) in [7, 11) is 0. The highest BCUT2D eigenvalue weighted by Gasteiger charge is 1.99. The van der Waals surface area contributed by atoms with E-state index in [-0.39, 0.29) is 0 Å². The summed E-state index contributed by atoms with van der Waals surface area (Å²) in [5, 5.41) is 1.12. The van der Waals surface area contributed by atoms with Crippen molar-refractivity contribution in [3.05, 3.63) is 31.8 Å². The van der Waals surface area contributed by atoms with E-state index in [0.717, 1.165) is 14.7 Å². The highest BCUT2D eigenvalue weighted by Crippen LogP contribution is 2.17. The molecule has 0 unspecified atom stereocenters. The van der Waals surface area contributed by atoms with Gasteiger partial charge in [0, 0.05) is 37.7 Å². The fraction of sp³-hybridized carbons (Fsp3) is 0. The topological polar surface area (TPSA) is 25.8 Å². The monoisotopic (exact) mass is 382 g/mol. The number of benzene rings is 1. The molecular formula is C8H4I2N2. The Hall–Kier alpha value is 0.0200. The van der Waals surface area contributed by atoms with Gasteiger partial charge in [-0.1, -0.05) is 6.07 Å². The number of rotatable bonds is 0. The van der Waals surface area contributed by atoms with Crippen LogP contribution in [0.25, 0.3) is 10.9 Å². The first-order valence-electron chi connectivity index (χ1n) is 3.34. The Labute approximate surface area is 97.1 Å². The first kappa shape index (κ1) is 8.61. The molecule has 12 heavy (non-hydrogen) atoms. The zero-order valence-corrected chi connectivity index (χ0v) is 10.3. The van der Waals surface area contributed by atoms with Crippen molar-refractivity contribution in [3.63, 3.8) is 0 Å². The minimum Gasteiger partial charge on any atom is -0.231 e. The van der Waals surface area contributed by atoms with Gasteiger partial charge in [-0.2, -0.15) is 0 Å². The molecule has 0 N–H and O–H groups in total. The highest BCUT2D eigenvalue weighted by atomic mass is 127. The molecule has 0 atom stereocenters. The molecule has 4 heteroatoms. The second-order valence-corrected chi connectivity index (χ2v) is 4.44. The van der Waals surface area contributed by atoms with Crippen LogP contribution in [-0.2, 0) is 0 Å². The van der Waals surface area contributed by atoms with Crippen molar-refractivity contribution < 1.29 is 0 Å². The number of hydrogen-bond donors (Lipinski definition) is 0. The van der Waals surface area contributed by atoms with E-state index in [1.54, 1.807) is 0 Å². The van der Waals surface area contributed by atoms with Gasteiger partial charge in [-0.15, -0.1) is 0 Å². The minimum atomic E-state index is 0.794. The zero-order chi connectivity index (χ0) is 8.55. The molecule has 1 aromatic heterocycles. The molecule has 1 heterocycles. The van der Waals surface area contributed by atoms with E-state index in [1.807, 2.05) is 18.3 Å². The third kappa shape index (κ3) is 1.54. The van der Waals surface area contributed by atoms with E-state index in [4.69, 9.17) is 0 Å². The van der Waals surface area contributed by atoms with Gasteiger partial charge in [-0.05, 0) is 34.7 Å². The van der Waals surface area contributed by atoms with Crippen molar-refractivity contribution in [2.45, 2.75) is 0 Å². The van der Waals surface area contributed by atoms with E-state index >= 15 is 0 Å². The molecule has 0 bridgehead atoms. The Kier molecular flexibility index (Phi) is 2.44. The fourth-order valence-corrected chi connectivity index (χ4v) is 2.02. The summed E-state index contributed by atoms with van der Waals surface area (Å²) in [5.74, 6) is 0. The molecular weight excluding hydrogens is 378 g/mol. The molecule has 0 radical (unpaired) electrons. The largest absolute Gasteiger partial charge is 0.231 e. The number of hydrogen-bond acceptors (Lipinski definition) is 2. The van der Waals surface area contributed by atoms with Gasteiger partial charge in [0.25, 0.3) is 0 Å². The van der Waals surface area contributed by atoms with Crippen molar-refractivity contribution in [3.8, 4) is 0 Å². The van der Waals surface area contributed by atoms with E-state index in [1.165, 1.54) is 3.57 Å². The third-order valence-electron chi connectivity index (χ3n) is 1.54. The molecule has 60 valence electrons. The Morgan fingerprint density at radius 2 is 2.00 bits per heavy atom. The van der Waals surface area contributed by atoms with Crippen molar-refractivity contribution in [2.75, 3.05) is 0 Å². The van der Waals surface area contributed by atoms with Gasteiger partial charge >= 0.3 is 0 Å². The van der Waals surface area contributed by atoms with Crippen molar-refractivity contribution in [2.24, 2.45) is 0 Å². The van der Waals surface area contributed by atoms with Gasteiger partial charge in [-0.25, -0.2) is 9.97 Å². The predicted molar refractivity (Wildman–Crippen MR) is 65.0 cm³/mol. The molecule has 0 fully saturated rings. The Morgan fingerprint density at radius 3 is 2.83 bits per heavy atom. The van der Waals surface area contributed by atoms with Crippen LogP contribution in [0, 0.1) is 7.40 Å². The Bertz CT molecular complexity index is 428. The van der Waals surface area contributed by atoms with Gasteiger partial charge in [0.05, 0.1) is 5.52 Å². The second kappa shape index (κ2) is 3.41. The average molecular weight is 382 g/mol. The lowest BCUT2D eigenvalue weighted by atomic mass is 10.2. The SMILES string of the molecule is Ic1ncc2c(I)cccc2n1. The van der Waals surface area contributed by atoms with Crippen LogP contribution in [0.1, 0.15) is 0 Å². The maximum Gasteiger partial charge on any atom is 0.191 e. The summed E-state index contributed by atoms with van der Waals surface area (Å²) in [6.45, 7) is 0.